The van der Waals surface area contributed by atoms with Crippen LogP contribution in [0.2, 0.25) is 0 Å². The number of rotatable bonds is 2. The maximum Gasteiger partial charge on any atom is 0.322 e. The molecule has 0 spiro atoms. The van der Waals surface area contributed by atoms with Crippen LogP contribution in [-0.4, -0.2) is 30.5 Å². The fraction of sp³-hybridized carbons (Fsp3) is 0.833. The molecule has 1 N–H and O–H groups in total. The molecule has 0 bridgehead atoms. The number of urea groups is 1. The Labute approximate surface area is 67.8 Å². The van der Waals surface area contributed by atoms with Gasteiger partial charge in [-0.25, -0.2) is 4.79 Å². The van der Waals surface area contributed by atoms with E-state index < -0.39 is 7.95 Å². The molecule has 1 atom stereocenters. The van der Waals surface area contributed by atoms with Crippen LogP contribution in [0.3, 0.4) is 0 Å². The van der Waals surface area contributed by atoms with Gasteiger partial charge >= 0.3 is 6.03 Å². The van der Waals surface area contributed by atoms with E-state index >= 15 is 0 Å². The molecule has 0 saturated heterocycles. The quantitative estimate of drug-likeness (QED) is 0.644. The van der Waals surface area contributed by atoms with Gasteiger partial charge in [0.15, 0.2) is 7.95 Å². The lowest BCUT2D eigenvalue weighted by atomic mass is 10.6. The first-order valence-electron chi connectivity index (χ1n) is 3.50. The molecule has 5 heteroatoms. The Morgan fingerprint density at radius 1 is 1.55 bits per heavy atom. The van der Waals surface area contributed by atoms with Crippen molar-refractivity contribution in [3.63, 3.8) is 0 Å². The Morgan fingerprint density at radius 2 is 2.00 bits per heavy atom. The van der Waals surface area contributed by atoms with Crippen LogP contribution in [0.25, 0.3) is 0 Å². The summed E-state index contributed by atoms with van der Waals surface area (Å²) in [7, 11) is 1.14. The van der Waals surface area contributed by atoms with Crippen LogP contribution in [0.4, 0.5) is 4.79 Å². The minimum absolute atomic E-state index is 0.0438. The smallest absolute Gasteiger partial charge is 0.322 e. The van der Waals surface area contributed by atoms with E-state index in [2.05, 4.69) is 5.32 Å². The fourth-order valence-electron chi connectivity index (χ4n) is 0.655. The Morgan fingerprint density at radius 3 is 2.27 bits per heavy atom. The second-order valence-electron chi connectivity index (χ2n) is 2.61. The van der Waals surface area contributed by atoms with E-state index in [1.54, 1.807) is 7.05 Å². The van der Waals surface area contributed by atoms with Crippen LogP contribution >= 0.6 is 7.95 Å². The topological polar surface area (TPSA) is 49.4 Å². The molecule has 0 aromatic rings. The molecule has 0 aliphatic rings. The Kier molecular flexibility index (Phi) is 4.19. The lowest BCUT2D eigenvalue weighted by molar-refractivity contribution is 0.230. The van der Waals surface area contributed by atoms with Gasteiger partial charge in [0.05, 0.1) is 0 Å². The molecule has 4 nitrogen and oxygen atoms in total. The van der Waals surface area contributed by atoms with E-state index in [0.717, 1.165) is 0 Å². The number of hydrogen-bond acceptors (Lipinski definition) is 2. The third kappa shape index (κ3) is 2.93. The lowest BCUT2D eigenvalue weighted by Gasteiger charge is -2.18. The van der Waals surface area contributed by atoms with Crippen molar-refractivity contribution in [1.29, 1.82) is 0 Å². The molecule has 0 saturated carbocycles. The highest BCUT2D eigenvalue weighted by Gasteiger charge is 2.15. The van der Waals surface area contributed by atoms with Crippen molar-refractivity contribution < 1.29 is 9.36 Å². The molecule has 11 heavy (non-hydrogen) atoms. The Balaban J connectivity index is 4.13. The van der Waals surface area contributed by atoms with Gasteiger partial charge in [0.1, 0.15) is 0 Å². The van der Waals surface area contributed by atoms with Gasteiger partial charge in [-0.1, -0.05) is 13.8 Å². The van der Waals surface area contributed by atoms with E-state index in [1.165, 1.54) is 11.7 Å². The van der Waals surface area contributed by atoms with Gasteiger partial charge in [-0.3, -0.25) is 4.67 Å². The predicted octanol–water partition coefficient (Wildman–Crippen LogP) is 1.14. The SMILES string of the molecule is CNC(=O)N(C)[PH](=O)C(C)C. The molecule has 0 aromatic heterocycles. The van der Waals surface area contributed by atoms with Crippen molar-refractivity contribution in [3.05, 3.63) is 0 Å². The summed E-state index contributed by atoms with van der Waals surface area (Å²) in [6, 6.07) is -0.289. The molecule has 0 rings (SSSR count). The summed E-state index contributed by atoms with van der Waals surface area (Å²) in [4.78, 5) is 10.9. The highest BCUT2D eigenvalue weighted by Crippen LogP contribution is 2.30. The zero-order chi connectivity index (χ0) is 9.02. The molecular formula is C6H15N2O2P. The van der Waals surface area contributed by atoms with Crippen molar-refractivity contribution in [2.24, 2.45) is 0 Å². The van der Waals surface area contributed by atoms with Crippen molar-refractivity contribution in [3.8, 4) is 0 Å². The molecule has 2 amide bonds. The van der Waals surface area contributed by atoms with E-state index in [-0.39, 0.29) is 11.7 Å². The summed E-state index contributed by atoms with van der Waals surface area (Å²) in [5, 5.41) is 2.41. The Hall–Kier alpha value is -0.500. The molecule has 0 aliphatic heterocycles. The molecule has 0 fully saturated rings. The van der Waals surface area contributed by atoms with Crippen LogP contribution in [0.5, 0.6) is 0 Å². The van der Waals surface area contributed by atoms with Crippen molar-refractivity contribution in [2.75, 3.05) is 14.1 Å². The molecule has 0 aromatic carbocycles. The van der Waals surface area contributed by atoms with Crippen molar-refractivity contribution >= 4 is 14.0 Å². The van der Waals surface area contributed by atoms with Crippen LogP contribution in [0, 0.1) is 0 Å². The van der Waals surface area contributed by atoms with Gasteiger partial charge in [0, 0.05) is 19.8 Å². The van der Waals surface area contributed by atoms with Crippen molar-refractivity contribution in [1.82, 2.24) is 9.99 Å². The summed E-state index contributed by atoms with van der Waals surface area (Å²) in [6.07, 6.45) is 0. The summed E-state index contributed by atoms with van der Waals surface area (Å²) >= 11 is 0. The maximum atomic E-state index is 11.3. The molecule has 1 unspecified atom stereocenters. The van der Waals surface area contributed by atoms with E-state index in [1.807, 2.05) is 13.8 Å². The average Bonchev–Trinajstić information content (AvgIpc) is 2.00. The second kappa shape index (κ2) is 4.39. The van der Waals surface area contributed by atoms with E-state index in [9.17, 15) is 9.36 Å². The largest absolute Gasteiger partial charge is 0.341 e. The van der Waals surface area contributed by atoms with Gasteiger partial charge < -0.3 is 9.88 Å². The number of nitrogens with zero attached hydrogens (tertiary/aromatic N) is 1. The number of carbonyl (C=O) groups excluding carboxylic acids is 1. The van der Waals surface area contributed by atoms with Crippen LogP contribution < -0.4 is 5.32 Å². The minimum atomic E-state index is -1.92. The first-order valence-corrected chi connectivity index (χ1v) is 4.93. The van der Waals surface area contributed by atoms with Gasteiger partial charge in [0.25, 0.3) is 0 Å². The zero-order valence-corrected chi connectivity index (χ0v) is 8.34. The summed E-state index contributed by atoms with van der Waals surface area (Å²) in [5.74, 6) is 0. The number of nitrogens with one attached hydrogen (secondary N) is 1. The van der Waals surface area contributed by atoms with Gasteiger partial charge in [0.2, 0.25) is 0 Å². The first kappa shape index (κ1) is 10.5. The zero-order valence-electron chi connectivity index (χ0n) is 7.34. The molecule has 0 heterocycles. The van der Waals surface area contributed by atoms with Gasteiger partial charge in [-0.05, 0) is 0 Å². The average molecular weight is 178 g/mol. The van der Waals surface area contributed by atoms with Crippen LogP contribution in [0.1, 0.15) is 13.8 Å². The molecule has 0 radical (unpaired) electrons. The number of carbonyl (C=O) groups is 1. The standard InChI is InChI=1S/C6H15N2O2P/c1-5(2)11(10)8(4)6(9)7-3/h5,11H,1-4H3,(H,7,9). The third-order valence-electron chi connectivity index (χ3n) is 1.34. The number of amides is 2. The number of hydrogen-bond donors (Lipinski definition) is 1. The third-order valence-corrected chi connectivity index (χ3v) is 3.20. The summed E-state index contributed by atoms with van der Waals surface area (Å²) in [5.41, 5.74) is 0.0438. The molecule has 0 aliphatic carbocycles. The van der Waals surface area contributed by atoms with Crippen molar-refractivity contribution in [2.45, 2.75) is 19.5 Å². The molecule has 66 valence electrons. The first-order chi connectivity index (χ1) is 5.00. The highest BCUT2D eigenvalue weighted by molar-refractivity contribution is 7.43. The predicted molar refractivity (Wildman–Crippen MR) is 46.4 cm³/mol. The lowest BCUT2D eigenvalue weighted by Crippen LogP contribution is -2.30. The Bertz CT molecular complexity index is 170. The summed E-state index contributed by atoms with van der Waals surface area (Å²) in [6.45, 7) is 3.67. The van der Waals surface area contributed by atoms with E-state index in [4.69, 9.17) is 0 Å². The van der Waals surface area contributed by atoms with E-state index in [0.29, 0.717) is 0 Å². The normalized spacial score (nSPS) is 12.8. The summed E-state index contributed by atoms with van der Waals surface area (Å²) < 4.78 is 12.6. The molecular weight excluding hydrogens is 163 g/mol. The monoisotopic (exact) mass is 178 g/mol. The highest BCUT2D eigenvalue weighted by atomic mass is 31.1. The minimum Gasteiger partial charge on any atom is -0.341 e. The maximum absolute atomic E-state index is 11.3. The fourth-order valence-corrected chi connectivity index (χ4v) is 1.74. The van der Waals surface area contributed by atoms with Gasteiger partial charge in [-0.2, -0.15) is 0 Å². The van der Waals surface area contributed by atoms with Crippen LogP contribution in [0.15, 0.2) is 0 Å². The second-order valence-corrected chi connectivity index (χ2v) is 5.11. The van der Waals surface area contributed by atoms with Gasteiger partial charge in [-0.15, -0.1) is 0 Å². The van der Waals surface area contributed by atoms with Crippen LogP contribution in [-0.2, 0) is 4.57 Å².